The molecular formula is C16H24FN3O. The zero-order chi connectivity index (χ0) is 15.4. The van der Waals surface area contributed by atoms with Crippen molar-refractivity contribution in [1.82, 2.24) is 10.2 Å². The number of carbonyl (C=O) groups is 1. The summed E-state index contributed by atoms with van der Waals surface area (Å²) in [5.41, 5.74) is 6.76. The largest absolute Gasteiger partial charge is 0.354 e. The fourth-order valence-corrected chi connectivity index (χ4v) is 3.14. The molecule has 0 spiro atoms. The van der Waals surface area contributed by atoms with E-state index in [1.54, 1.807) is 6.07 Å². The van der Waals surface area contributed by atoms with E-state index in [9.17, 15) is 9.18 Å². The van der Waals surface area contributed by atoms with E-state index >= 15 is 0 Å². The van der Waals surface area contributed by atoms with Gasteiger partial charge in [0.05, 0.1) is 6.04 Å². The van der Waals surface area contributed by atoms with Crippen LogP contribution in [-0.4, -0.2) is 36.0 Å². The Balaban J connectivity index is 2.08. The van der Waals surface area contributed by atoms with Crippen LogP contribution in [0.1, 0.15) is 38.3 Å². The average molecular weight is 293 g/mol. The van der Waals surface area contributed by atoms with Gasteiger partial charge in [0.1, 0.15) is 5.82 Å². The van der Waals surface area contributed by atoms with E-state index in [1.165, 1.54) is 13.0 Å². The third kappa shape index (κ3) is 4.02. The third-order valence-corrected chi connectivity index (χ3v) is 4.05. The number of amides is 1. The van der Waals surface area contributed by atoms with Crippen LogP contribution in [0.4, 0.5) is 4.39 Å². The molecule has 0 radical (unpaired) electrons. The Hall–Kier alpha value is -1.46. The molecule has 1 fully saturated rings. The maximum Gasteiger partial charge on any atom is 0.217 e. The van der Waals surface area contributed by atoms with Crippen molar-refractivity contribution < 1.29 is 9.18 Å². The highest BCUT2D eigenvalue weighted by atomic mass is 19.1. The van der Waals surface area contributed by atoms with Crippen molar-refractivity contribution in [1.29, 1.82) is 0 Å². The first-order chi connectivity index (χ1) is 9.99. The molecule has 1 amide bonds. The summed E-state index contributed by atoms with van der Waals surface area (Å²) < 4.78 is 14.1. The molecule has 0 aliphatic carbocycles. The molecular weight excluding hydrogens is 269 g/mol. The lowest BCUT2D eigenvalue weighted by atomic mass is 9.95. The third-order valence-electron chi connectivity index (χ3n) is 4.05. The van der Waals surface area contributed by atoms with E-state index in [-0.39, 0.29) is 29.8 Å². The van der Waals surface area contributed by atoms with Gasteiger partial charge in [-0.3, -0.25) is 9.69 Å². The minimum Gasteiger partial charge on any atom is -0.354 e. The predicted octanol–water partition coefficient (Wildman–Crippen LogP) is 1.81. The van der Waals surface area contributed by atoms with Gasteiger partial charge in [0.2, 0.25) is 5.91 Å². The summed E-state index contributed by atoms with van der Waals surface area (Å²) in [7, 11) is 0. The fourth-order valence-electron chi connectivity index (χ4n) is 3.14. The average Bonchev–Trinajstić information content (AvgIpc) is 2.42. The number of nitrogens with one attached hydrogen (secondary N) is 1. The van der Waals surface area contributed by atoms with Crippen LogP contribution in [0.2, 0.25) is 0 Å². The van der Waals surface area contributed by atoms with Gasteiger partial charge in [-0.2, -0.15) is 0 Å². The number of rotatable bonds is 4. The Morgan fingerprint density at radius 1 is 1.38 bits per heavy atom. The van der Waals surface area contributed by atoms with Crippen LogP contribution in [0, 0.1) is 5.82 Å². The van der Waals surface area contributed by atoms with Crippen LogP contribution in [0.15, 0.2) is 24.3 Å². The molecule has 1 aromatic rings. The summed E-state index contributed by atoms with van der Waals surface area (Å²) in [6, 6.07) is 6.77. The quantitative estimate of drug-likeness (QED) is 0.890. The van der Waals surface area contributed by atoms with Crippen molar-refractivity contribution in [3.05, 3.63) is 35.6 Å². The van der Waals surface area contributed by atoms with E-state index in [1.807, 2.05) is 19.1 Å². The number of benzene rings is 1. The molecule has 2 unspecified atom stereocenters. The molecule has 1 saturated heterocycles. The standard InChI is InChI=1S/C16H24FN3O/c1-11(18)16(14-5-3-4-6-15(14)17)20-9-7-13(8-10-20)19-12(2)21/h3-6,11,13,16H,7-10,18H2,1-2H3,(H,19,21). The van der Waals surface area contributed by atoms with Gasteiger partial charge in [0.15, 0.2) is 0 Å². The van der Waals surface area contributed by atoms with Gasteiger partial charge in [0.25, 0.3) is 0 Å². The number of halogens is 1. The van der Waals surface area contributed by atoms with Gasteiger partial charge < -0.3 is 11.1 Å². The molecule has 0 bridgehead atoms. The number of carbonyl (C=O) groups excluding carboxylic acids is 1. The highest BCUT2D eigenvalue weighted by Gasteiger charge is 2.30. The number of nitrogens with zero attached hydrogens (tertiary/aromatic N) is 1. The first-order valence-electron chi connectivity index (χ1n) is 7.50. The maximum atomic E-state index is 14.1. The van der Waals surface area contributed by atoms with Crippen molar-refractivity contribution >= 4 is 5.91 Å². The highest BCUT2D eigenvalue weighted by molar-refractivity contribution is 5.73. The molecule has 4 nitrogen and oxygen atoms in total. The normalized spacial score (nSPS) is 20.0. The molecule has 5 heteroatoms. The molecule has 1 aliphatic heterocycles. The van der Waals surface area contributed by atoms with Crippen molar-refractivity contribution in [2.45, 2.75) is 44.8 Å². The first-order valence-corrected chi connectivity index (χ1v) is 7.50. The molecule has 1 heterocycles. The summed E-state index contributed by atoms with van der Waals surface area (Å²) in [4.78, 5) is 13.3. The summed E-state index contributed by atoms with van der Waals surface area (Å²) in [6.07, 6.45) is 1.74. The minimum atomic E-state index is -0.205. The fraction of sp³-hybridized carbons (Fsp3) is 0.562. The lowest BCUT2D eigenvalue weighted by Gasteiger charge is -2.39. The molecule has 1 aliphatic rings. The van der Waals surface area contributed by atoms with Crippen molar-refractivity contribution in [3.8, 4) is 0 Å². The van der Waals surface area contributed by atoms with Gasteiger partial charge in [-0.1, -0.05) is 18.2 Å². The molecule has 21 heavy (non-hydrogen) atoms. The van der Waals surface area contributed by atoms with Crippen LogP contribution >= 0.6 is 0 Å². The Morgan fingerprint density at radius 2 is 2.00 bits per heavy atom. The van der Waals surface area contributed by atoms with Crippen LogP contribution in [0.5, 0.6) is 0 Å². The van der Waals surface area contributed by atoms with E-state index < -0.39 is 0 Å². The highest BCUT2D eigenvalue weighted by Crippen LogP contribution is 2.28. The van der Waals surface area contributed by atoms with Gasteiger partial charge in [0, 0.05) is 37.7 Å². The Bertz CT molecular complexity index is 484. The molecule has 1 aromatic carbocycles. The SMILES string of the molecule is CC(=O)NC1CCN(C(c2ccccc2F)C(C)N)CC1. The second kappa shape index (κ2) is 7.00. The predicted molar refractivity (Wildman–Crippen MR) is 81.2 cm³/mol. The molecule has 0 aromatic heterocycles. The molecule has 0 saturated carbocycles. The number of likely N-dealkylation sites (tertiary alicyclic amines) is 1. The Morgan fingerprint density at radius 3 is 2.52 bits per heavy atom. The number of hydrogen-bond donors (Lipinski definition) is 2. The maximum absolute atomic E-state index is 14.1. The van der Waals surface area contributed by atoms with Crippen molar-refractivity contribution in [2.75, 3.05) is 13.1 Å². The number of piperidine rings is 1. The summed E-state index contributed by atoms with van der Waals surface area (Å²) >= 11 is 0. The molecule has 2 atom stereocenters. The van der Waals surface area contributed by atoms with Gasteiger partial charge in [-0.05, 0) is 25.8 Å². The zero-order valence-electron chi connectivity index (χ0n) is 12.7. The molecule has 2 rings (SSSR count). The van der Waals surface area contributed by atoms with Gasteiger partial charge in [-0.25, -0.2) is 4.39 Å². The first kappa shape index (κ1) is 15.9. The van der Waals surface area contributed by atoms with Crippen LogP contribution in [-0.2, 0) is 4.79 Å². The van der Waals surface area contributed by atoms with E-state index in [0.29, 0.717) is 5.56 Å². The molecule has 3 N–H and O–H groups in total. The summed E-state index contributed by atoms with van der Waals surface area (Å²) in [5, 5.41) is 2.95. The minimum absolute atomic E-state index is 0.00583. The van der Waals surface area contributed by atoms with Crippen LogP contribution in [0.25, 0.3) is 0 Å². The topological polar surface area (TPSA) is 58.4 Å². The van der Waals surface area contributed by atoms with Crippen LogP contribution < -0.4 is 11.1 Å². The van der Waals surface area contributed by atoms with Crippen molar-refractivity contribution in [3.63, 3.8) is 0 Å². The summed E-state index contributed by atoms with van der Waals surface area (Å²) in [5.74, 6) is -0.199. The lowest BCUT2D eigenvalue weighted by Crippen LogP contribution is -2.48. The zero-order valence-corrected chi connectivity index (χ0v) is 12.7. The Labute approximate surface area is 125 Å². The second-order valence-electron chi connectivity index (χ2n) is 5.84. The summed E-state index contributed by atoms with van der Waals surface area (Å²) in [6.45, 7) is 5.07. The van der Waals surface area contributed by atoms with E-state index in [0.717, 1.165) is 25.9 Å². The van der Waals surface area contributed by atoms with Gasteiger partial charge >= 0.3 is 0 Å². The monoisotopic (exact) mass is 293 g/mol. The van der Waals surface area contributed by atoms with Crippen LogP contribution in [0.3, 0.4) is 0 Å². The molecule has 116 valence electrons. The lowest BCUT2D eigenvalue weighted by molar-refractivity contribution is -0.120. The second-order valence-corrected chi connectivity index (χ2v) is 5.84. The smallest absolute Gasteiger partial charge is 0.217 e. The van der Waals surface area contributed by atoms with E-state index in [2.05, 4.69) is 10.2 Å². The van der Waals surface area contributed by atoms with E-state index in [4.69, 9.17) is 5.73 Å². The Kier molecular flexibility index (Phi) is 5.31. The van der Waals surface area contributed by atoms with Gasteiger partial charge in [-0.15, -0.1) is 0 Å². The van der Waals surface area contributed by atoms with Crippen molar-refractivity contribution in [2.24, 2.45) is 5.73 Å². The number of hydrogen-bond acceptors (Lipinski definition) is 3. The number of nitrogens with two attached hydrogens (primary N) is 1.